The first-order valence-electron chi connectivity index (χ1n) is 9.23. The van der Waals surface area contributed by atoms with Crippen LogP contribution in [-0.4, -0.2) is 15.6 Å². The van der Waals surface area contributed by atoms with Gasteiger partial charge >= 0.3 is 5.69 Å². The molecule has 0 radical (unpaired) electrons. The van der Waals surface area contributed by atoms with Crippen LogP contribution in [0.15, 0.2) is 53.6 Å². The van der Waals surface area contributed by atoms with Gasteiger partial charge in [0.25, 0.3) is 5.69 Å². The Kier molecular flexibility index (Phi) is 5.67. The van der Waals surface area contributed by atoms with Crippen molar-refractivity contribution in [2.75, 3.05) is 5.43 Å². The Morgan fingerprint density at radius 2 is 1.75 bits per heavy atom. The molecule has 0 unspecified atom stereocenters. The van der Waals surface area contributed by atoms with Crippen molar-refractivity contribution in [3.05, 3.63) is 74.3 Å². The molecule has 8 heteroatoms. The molecule has 2 aromatic carbocycles. The smallest absolute Gasteiger partial charge is 0.272 e. The molecule has 1 fully saturated rings. The van der Waals surface area contributed by atoms with Crippen LogP contribution >= 0.6 is 0 Å². The zero-order chi connectivity index (χ0) is 20.1. The van der Waals surface area contributed by atoms with E-state index in [0.717, 1.165) is 49.4 Å². The van der Waals surface area contributed by atoms with Crippen molar-refractivity contribution < 1.29 is 9.85 Å². The Morgan fingerprint density at radius 3 is 2.43 bits per heavy atom. The molecular formula is C20H22N4O4. The van der Waals surface area contributed by atoms with Crippen molar-refractivity contribution >= 4 is 22.8 Å². The molecule has 146 valence electrons. The topological polar surface area (TPSA) is 111 Å². The molecule has 1 saturated carbocycles. The average molecular weight is 382 g/mol. The number of benzene rings is 2. The number of non-ortho nitro benzene ring substituents is 1. The predicted octanol–water partition coefficient (Wildman–Crippen LogP) is 5.19. The maximum Gasteiger partial charge on any atom is 0.301 e. The van der Waals surface area contributed by atoms with E-state index in [2.05, 4.69) is 29.6 Å². The average Bonchev–Trinajstić information content (AvgIpc) is 2.89. The summed E-state index contributed by atoms with van der Waals surface area (Å²) in [7, 11) is 0. The first-order valence-corrected chi connectivity index (χ1v) is 9.23. The van der Waals surface area contributed by atoms with Gasteiger partial charge in [-0.3, -0.25) is 25.7 Å². The van der Waals surface area contributed by atoms with E-state index in [-0.39, 0.29) is 22.5 Å². The molecule has 0 spiro atoms. The third-order valence-electron chi connectivity index (χ3n) is 5.34. The standard InChI is InChI=1S/C20H22N4O4/c1-20(15-8-4-2-5-9-15)13-7-3-6-10-19(20)22-21-17-12-11-16(23(25)26)14-18(17)24(27)28/h2,4-5,8-9,11-12,14,21H,3,6-7,10,13H2,1H3/b22-19+/t20-/m1/s1. The maximum absolute atomic E-state index is 11.3. The van der Waals surface area contributed by atoms with Gasteiger partial charge in [0.2, 0.25) is 0 Å². The van der Waals surface area contributed by atoms with Crippen LogP contribution in [0.3, 0.4) is 0 Å². The minimum Gasteiger partial charge on any atom is -0.272 e. The number of nitrogens with one attached hydrogen (secondary N) is 1. The van der Waals surface area contributed by atoms with E-state index in [9.17, 15) is 20.2 Å². The van der Waals surface area contributed by atoms with Gasteiger partial charge in [-0.25, -0.2) is 0 Å². The fourth-order valence-electron chi connectivity index (χ4n) is 3.67. The van der Waals surface area contributed by atoms with Gasteiger partial charge in [0.15, 0.2) is 0 Å². The summed E-state index contributed by atoms with van der Waals surface area (Å²) in [6.07, 6.45) is 4.94. The predicted molar refractivity (Wildman–Crippen MR) is 108 cm³/mol. The summed E-state index contributed by atoms with van der Waals surface area (Å²) in [4.78, 5) is 21.0. The largest absolute Gasteiger partial charge is 0.301 e. The number of rotatable bonds is 5. The Labute approximate surface area is 162 Å². The van der Waals surface area contributed by atoms with E-state index in [1.165, 1.54) is 12.1 Å². The van der Waals surface area contributed by atoms with Gasteiger partial charge in [0.1, 0.15) is 5.69 Å². The van der Waals surface area contributed by atoms with E-state index in [0.29, 0.717) is 0 Å². The van der Waals surface area contributed by atoms with E-state index in [1.807, 2.05) is 18.2 Å². The third kappa shape index (κ3) is 4.00. The van der Waals surface area contributed by atoms with Crippen molar-refractivity contribution in [2.45, 2.75) is 44.4 Å². The normalized spacial score (nSPS) is 21.1. The van der Waals surface area contributed by atoms with Crippen molar-refractivity contribution in [3.63, 3.8) is 0 Å². The zero-order valence-electron chi connectivity index (χ0n) is 15.6. The number of hydrogen-bond acceptors (Lipinski definition) is 6. The van der Waals surface area contributed by atoms with Crippen LogP contribution in [0.5, 0.6) is 0 Å². The molecule has 8 nitrogen and oxygen atoms in total. The molecular weight excluding hydrogens is 360 g/mol. The number of hydrogen-bond donors (Lipinski definition) is 1. The van der Waals surface area contributed by atoms with Gasteiger partial charge in [-0.05, 0) is 30.9 Å². The fraction of sp³-hybridized carbons (Fsp3) is 0.350. The van der Waals surface area contributed by atoms with Crippen molar-refractivity contribution in [1.82, 2.24) is 0 Å². The molecule has 28 heavy (non-hydrogen) atoms. The van der Waals surface area contributed by atoms with E-state index >= 15 is 0 Å². The number of nitro benzene ring substituents is 2. The fourth-order valence-corrected chi connectivity index (χ4v) is 3.67. The Morgan fingerprint density at radius 1 is 1.00 bits per heavy atom. The third-order valence-corrected chi connectivity index (χ3v) is 5.34. The van der Waals surface area contributed by atoms with Crippen LogP contribution < -0.4 is 5.43 Å². The van der Waals surface area contributed by atoms with E-state index in [1.54, 1.807) is 0 Å². The molecule has 1 N–H and O–H groups in total. The lowest BCUT2D eigenvalue weighted by atomic mass is 9.75. The van der Waals surface area contributed by atoms with Gasteiger partial charge < -0.3 is 0 Å². The molecule has 1 atom stereocenters. The van der Waals surface area contributed by atoms with Crippen LogP contribution in [0.25, 0.3) is 0 Å². The maximum atomic E-state index is 11.3. The van der Waals surface area contributed by atoms with Crippen molar-refractivity contribution in [2.24, 2.45) is 5.10 Å². The minimum atomic E-state index is -0.652. The molecule has 0 heterocycles. The molecule has 0 aromatic heterocycles. The van der Waals surface area contributed by atoms with E-state index in [4.69, 9.17) is 0 Å². The minimum absolute atomic E-state index is 0.141. The lowest BCUT2D eigenvalue weighted by molar-refractivity contribution is -0.393. The second-order valence-corrected chi connectivity index (χ2v) is 7.14. The highest BCUT2D eigenvalue weighted by Gasteiger charge is 2.34. The second-order valence-electron chi connectivity index (χ2n) is 7.14. The molecule has 1 aliphatic carbocycles. The number of anilines is 1. The van der Waals surface area contributed by atoms with Gasteiger partial charge in [0.05, 0.1) is 15.9 Å². The van der Waals surface area contributed by atoms with Gasteiger partial charge in [-0.2, -0.15) is 5.10 Å². The van der Waals surface area contributed by atoms with Crippen molar-refractivity contribution in [3.8, 4) is 0 Å². The van der Waals surface area contributed by atoms with Gasteiger partial charge in [-0.1, -0.05) is 50.1 Å². The van der Waals surface area contributed by atoms with Crippen molar-refractivity contribution in [1.29, 1.82) is 0 Å². The van der Waals surface area contributed by atoms with Crippen LogP contribution in [0.2, 0.25) is 0 Å². The second kappa shape index (κ2) is 8.16. The Balaban J connectivity index is 1.97. The van der Waals surface area contributed by atoms with Gasteiger partial charge in [-0.15, -0.1) is 0 Å². The molecule has 0 amide bonds. The molecule has 2 aromatic rings. The highest BCUT2D eigenvalue weighted by molar-refractivity contribution is 5.95. The highest BCUT2D eigenvalue weighted by atomic mass is 16.6. The van der Waals surface area contributed by atoms with Crippen LogP contribution in [0, 0.1) is 20.2 Å². The van der Waals surface area contributed by atoms with Crippen LogP contribution in [0.4, 0.5) is 17.1 Å². The molecule has 3 rings (SSSR count). The number of hydrazone groups is 1. The SMILES string of the molecule is C[C@]1(c2ccccc2)CCCCC/C1=N\Nc1ccc([N+](=O)[O-])cc1[N+](=O)[O-]. The van der Waals surface area contributed by atoms with Crippen LogP contribution in [-0.2, 0) is 5.41 Å². The van der Waals surface area contributed by atoms with Crippen LogP contribution in [0.1, 0.15) is 44.6 Å². The van der Waals surface area contributed by atoms with E-state index < -0.39 is 9.85 Å². The first kappa shape index (κ1) is 19.5. The summed E-state index contributed by atoms with van der Waals surface area (Å²) >= 11 is 0. The summed E-state index contributed by atoms with van der Waals surface area (Å²) in [6, 6.07) is 13.6. The lowest BCUT2D eigenvalue weighted by Gasteiger charge is -2.30. The molecule has 1 aliphatic rings. The lowest BCUT2D eigenvalue weighted by Crippen LogP contribution is -2.32. The highest BCUT2D eigenvalue weighted by Crippen LogP contribution is 2.37. The first-order chi connectivity index (χ1) is 13.4. The summed E-state index contributed by atoms with van der Waals surface area (Å²) in [6.45, 7) is 2.15. The Bertz CT molecular complexity index is 914. The summed E-state index contributed by atoms with van der Waals surface area (Å²) in [5.41, 5.74) is 4.09. The zero-order valence-corrected chi connectivity index (χ0v) is 15.6. The van der Waals surface area contributed by atoms with Gasteiger partial charge in [0, 0.05) is 17.2 Å². The molecule has 0 saturated heterocycles. The number of nitrogens with zero attached hydrogens (tertiary/aromatic N) is 3. The monoisotopic (exact) mass is 382 g/mol. The quantitative estimate of drug-likeness (QED) is 0.434. The molecule has 0 aliphatic heterocycles. The summed E-state index contributed by atoms with van der Waals surface area (Å²) < 4.78 is 0. The Hall–Kier alpha value is -3.29. The molecule has 0 bridgehead atoms. The number of nitro groups is 2. The summed E-state index contributed by atoms with van der Waals surface area (Å²) in [5, 5.41) is 26.8. The summed E-state index contributed by atoms with van der Waals surface area (Å²) in [5.74, 6) is 0.